The van der Waals surface area contributed by atoms with E-state index in [4.69, 9.17) is 0 Å². The number of aliphatic hydroxyl groups is 1. The van der Waals surface area contributed by atoms with Gasteiger partial charge in [-0.15, -0.1) is 0 Å². The summed E-state index contributed by atoms with van der Waals surface area (Å²) >= 11 is 2.24. The van der Waals surface area contributed by atoms with Crippen molar-refractivity contribution in [1.29, 1.82) is 0 Å². The van der Waals surface area contributed by atoms with Crippen LogP contribution in [0.3, 0.4) is 0 Å². The molecule has 0 saturated heterocycles. The van der Waals surface area contributed by atoms with Crippen molar-refractivity contribution in [1.82, 2.24) is 0 Å². The minimum Gasteiger partial charge on any atom is -0.388 e. The summed E-state index contributed by atoms with van der Waals surface area (Å²) in [6.45, 7) is 2.03. The first-order valence-corrected chi connectivity index (χ1v) is 5.09. The largest absolute Gasteiger partial charge is 0.388 e. The molecule has 0 fully saturated rings. The van der Waals surface area contributed by atoms with E-state index in [0.29, 0.717) is 0 Å². The van der Waals surface area contributed by atoms with Crippen molar-refractivity contribution in [2.45, 2.75) is 19.4 Å². The van der Waals surface area contributed by atoms with Gasteiger partial charge in [0.05, 0.1) is 6.10 Å². The lowest BCUT2D eigenvalue weighted by atomic mass is 10.1. The smallest absolute Gasteiger partial charge is 0.0832 e. The van der Waals surface area contributed by atoms with Crippen molar-refractivity contribution in [2.75, 3.05) is 0 Å². The molecule has 0 unspecified atom stereocenters. The summed E-state index contributed by atoms with van der Waals surface area (Å²) in [5.74, 6) is 0. The third-order valence-corrected chi connectivity index (χ3v) is 2.67. The van der Waals surface area contributed by atoms with Crippen LogP contribution >= 0.6 is 22.6 Å². The molecule has 0 saturated carbocycles. The molecule has 0 heterocycles. The van der Waals surface area contributed by atoms with Crippen LogP contribution in [0.4, 0.5) is 0 Å². The van der Waals surface area contributed by atoms with Gasteiger partial charge in [-0.1, -0.05) is 31.5 Å². The Kier molecular flexibility index (Phi) is 4.01. The first kappa shape index (κ1) is 9.99. The van der Waals surface area contributed by atoms with Gasteiger partial charge in [0.25, 0.3) is 0 Å². The van der Waals surface area contributed by atoms with E-state index in [1.807, 2.05) is 37.6 Å². The molecule has 1 nitrogen and oxygen atoms in total. The molecule has 0 spiro atoms. The van der Waals surface area contributed by atoms with E-state index in [9.17, 15) is 5.11 Å². The normalized spacial score (nSPS) is 12.9. The molecule has 0 amide bonds. The summed E-state index contributed by atoms with van der Waals surface area (Å²) in [7, 11) is 0. The van der Waals surface area contributed by atoms with Crippen molar-refractivity contribution in [3.05, 3.63) is 39.8 Å². The Morgan fingerprint density at radius 1 is 1.50 bits per heavy atom. The molecule has 1 aromatic rings. The van der Waals surface area contributed by atoms with Crippen LogP contribution < -0.4 is 0 Å². The molecule has 0 aliphatic rings. The van der Waals surface area contributed by atoms with Gasteiger partial charge in [-0.05, 0) is 40.6 Å². The average Bonchev–Trinajstić information content (AvgIpc) is 2.05. The molecular formula is C10H12IO. The van der Waals surface area contributed by atoms with Gasteiger partial charge in [0.2, 0.25) is 0 Å². The molecular weight excluding hydrogens is 263 g/mol. The second kappa shape index (κ2) is 4.82. The van der Waals surface area contributed by atoms with Gasteiger partial charge in [0.15, 0.2) is 0 Å². The Hall–Kier alpha value is -0.0900. The Morgan fingerprint density at radius 2 is 2.17 bits per heavy atom. The predicted octanol–water partition coefficient (Wildman–Crippen LogP) is 2.94. The van der Waals surface area contributed by atoms with Crippen LogP contribution in [0.25, 0.3) is 0 Å². The van der Waals surface area contributed by atoms with Crippen molar-refractivity contribution >= 4 is 22.6 Å². The maximum absolute atomic E-state index is 9.64. The zero-order chi connectivity index (χ0) is 8.97. The summed E-state index contributed by atoms with van der Waals surface area (Å²) in [6.07, 6.45) is 2.38. The third kappa shape index (κ3) is 2.45. The summed E-state index contributed by atoms with van der Waals surface area (Å²) in [6, 6.07) is 7.88. The molecule has 1 atom stereocenters. The lowest BCUT2D eigenvalue weighted by molar-refractivity contribution is 0.207. The number of rotatable bonds is 3. The van der Waals surface area contributed by atoms with Gasteiger partial charge in [0, 0.05) is 3.57 Å². The number of hydrogen-bond acceptors (Lipinski definition) is 1. The molecule has 12 heavy (non-hydrogen) atoms. The maximum atomic E-state index is 9.64. The van der Waals surface area contributed by atoms with Crippen molar-refractivity contribution in [3.8, 4) is 0 Å². The molecule has 1 N–H and O–H groups in total. The summed E-state index contributed by atoms with van der Waals surface area (Å²) in [5, 5.41) is 9.64. The zero-order valence-corrected chi connectivity index (χ0v) is 9.15. The predicted molar refractivity (Wildman–Crippen MR) is 58.7 cm³/mol. The first-order valence-electron chi connectivity index (χ1n) is 4.01. The van der Waals surface area contributed by atoms with Crippen molar-refractivity contribution in [2.24, 2.45) is 0 Å². The van der Waals surface area contributed by atoms with E-state index in [0.717, 1.165) is 15.6 Å². The molecule has 0 bridgehead atoms. The monoisotopic (exact) mass is 275 g/mol. The fraction of sp³-hybridized carbons (Fsp3) is 0.300. The number of hydrogen-bond donors (Lipinski definition) is 1. The van der Waals surface area contributed by atoms with Gasteiger partial charge < -0.3 is 5.11 Å². The minimum absolute atomic E-state index is 0.414. The Bertz CT molecular complexity index is 247. The lowest BCUT2D eigenvalue weighted by Crippen LogP contribution is -1.99. The van der Waals surface area contributed by atoms with Crippen LogP contribution in [-0.2, 0) is 0 Å². The van der Waals surface area contributed by atoms with Crippen LogP contribution in [0.5, 0.6) is 0 Å². The van der Waals surface area contributed by atoms with E-state index in [2.05, 4.69) is 22.6 Å². The molecule has 65 valence electrons. The van der Waals surface area contributed by atoms with Gasteiger partial charge in [-0.2, -0.15) is 0 Å². The quantitative estimate of drug-likeness (QED) is 0.841. The molecule has 1 radical (unpaired) electrons. The standard InChI is InChI=1S/C10H12IO/c1-2-5-10(12)8-6-3-4-7-9(8)11/h3-7,10,12H,2H2,1H3/t10-/m0/s1. The highest BCUT2D eigenvalue weighted by Gasteiger charge is 2.08. The fourth-order valence-corrected chi connectivity index (χ4v) is 1.77. The van der Waals surface area contributed by atoms with E-state index in [1.54, 1.807) is 0 Å². The highest BCUT2D eigenvalue weighted by atomic mass is 127. The van der Waals surface area contributed by atoms with Crippen molar-refractivity contribution in [3.63, 3.8) is 0 Å². The molecule has 2 heteroatoms. The van der Waals surface area contributed by atoms with E-state index in [-0.39, 0.29) is 0 Å². The Labute approximate surface area is 86.9 Å². The van der Waals surface area contributed by atoms with Crippen LogP contribution in [0.15, 0.2) is 24.3 Å². The van der Waals surface area contributed by atoms with Crippen LogP contribution in [0, 0.1) is 9.99 Å². The SMILES string of the molecule is CC[CH][C@H](O)c1ccccc1I. The van der Waals surface area contributed by atoms with Crippen LogP contribution in [-0.4, -0.2) is 5.11 Å². The highest BCUT2D eigenvalue weighted by molar-refractivity contribution is 14.1. The topological polar surface area (TPSA) is 20.2 Å². The van der Waals surface area contributed by atoms with E-state index < -0.39 is 6.10 Å². The van der Waals surface area contributed by atoms with Crippen LogP contribution in [0.1, 0.15) is 25.0 Å². The fourth-order valence-electron chi connectivity index (χ4n) is 1.07. The van der Waals surface area contributed by atoms with E-state index in [1.165, 1.54) is 0 Å². The third-order valence-electron chi connectivity index (χ3n) is 1.68. The van der Waals surface area contributed by atoms with Crippen LogP contribution in [0.2, 0.25) is 0 Å². The Morgan fingerprint density at radius 3 is 2.75 bits per heavy atom. The zero-order valence-electron chi connectivity index (χ0n) is 7.00. The second-order valence-corrected chi connectivity index (χ2v) is 3.77. The molecule has 1 rings (SSSR count). The highest BCUT2D eigenvalue weighted by Crippen LogP contribution is 2.22. The molecule has 0 aliphatic carbocycles. The summed E-state index contributed by atoms with van der Waals surface area (Å²) < 4.78 is 1.12. The van der Waals surface area contributed by atoms with E-state index >= 15 is 0 Å². The maximum Gasteiger partial charge on any atom is 0.0832 e. The average molecular weight is 275 g/mol. The van der Waals surface area contributed by atoms with Gasteiger partial charge in [0.1, 0.15) is 0 Å². The summed E-state index contributed by atoms with van der Waals surface area (Å²) in [4.78, 5) is 0. The number of benzene rings is 1. The van der Waals surface area contributed by atoms with Crippen molar-refractivity contribution < 1.29 is 5.11 Å². The minimum atomic E-state index is -0.414. The van der Waals surface area contributed by atoms with Gasteiger partial charge >= 0.3 is 0 Å². The molecule has 1 aromatic carbocycles. The molecule has 0 aliphatic heterocycles. The Balaban J connectivity index is 2.79. The first-order chi connectivity index (χ1) is 5.75. The number of halogens is 1. The number of aliphatic hydroxyl groups excluding tert-OH is 1. The van der Waals surface area contributed by atoms with Gasteiger partial charge in [-0.25, -0.2) is 0 Å². The lowest BCUT2D eigenvalue weighted by Gasteiger charge is -2.10. The molecule has 0 aromatic heterocycles. The second-order valence-electron chi connectivity index (χ2n) is 2.61. The van der Waals surface area contributed by atoms with Gasteiger partial charge in [-0.3, -0.25) is 0 Å². The summed E-state index contributed by atoms with van der Waals surface area (Å²) in [5.41, 5.74) is 1.000.